The van der Waals surface area contributed by atoms with Gasteiger partial charge in [-0.15, -0.1) is 0 Å². The van der Waals surface area contributed by atoms with Gasteiger partial charge in [-0.25, -0.2) is 4.98 Å². The first kappa shape index (κ1) is 24.8. The number of anilines is 1. The second-order valence-corrected chi connectivity index (χ2v) is 10.5. The quantitative estimate of drug-likeness (QED) is 0.385. The first-order valence-corrected chi connectivity index (χ1v) is 12.1. The zero-order chi connectivity index (χ0) is 24.8. The summed E-state index contributed by atoms with van der Waals surface area (Å²) in [5, 5.41) is 14.1. The van der Waals surface area contributed by atoms with Gasteiger partial charge in [-0.05, 0) is 69.2 Å². The van der Waals surface area contributed by atoms with Gasteiger partial charge in [0.2, 0.25) is 5.91 Å². The Morgan fingerprint density at radius 3 is 2.35 bits per heavy atom. The molecular formula is C26H26Cl3N3O2. The van der Waals surface area contributed by atoms with E-state index >= 15 is 0 Å². The van der Waals surface area contributed by atoms with Crippen molar-refractivity contribution < 1.29 is 9.90 Å². The molecule has 1 aliphatic rings. The molecule has 2 N–H and O–H groups in total. The fourth-order valence-corrected chi connectivity index (χ4v) is 4.98. The molecular weight excluding hydrogens is 493 g/mol. The van der Waals surface area contributed by atoms with Crippen LogP contribution in [0.1, 0.15) is 38.7 Å². The fraction of sp³-hybridized carbons (Fsp3) is 0.308. The maximum atomic E-state index is 13.1. The van der Waals surface area contributed by atoms with Gasteiger partial charge >= 0.3 is 0 Å². The summed E-state index contributed by atoms with van der Waals surface area (Å²) in [6, 6.07) is 14.8. The Hall–Kier alpha value is -2.31. The third kappa shape index (κ3) is 4.76. The minimum Gasteiger partial charge on any atom is -0.374 e. The molecule has 3 aromatic rings. The summed E-state index contributed by atoms with van der Waals surface area (Å²) in [6.07, 6.45) is -0.382. The molecule has 0 saturated heterocycles. The Morgan fingerprint density at radius 1 is 1.09 bits per heavy atom. The summed E-state index contributed by atoms with van der Waals surface area (Å²) in [5.41, 5.74) is 3.58. The summed E-state index contributed by atoms with van der Waals surface area (Å²) in [7, 11) is 1.98. The SMILES string of the molecule is C[C@@H](O)NC(=O)C1CC(C)(C)N(C)c2nc(-c3ccc(Cl)cc3Cl)c(-c3ccc(Cl)cc3)cc21. The third-order valence-corrected chi connectivity index (χ3v) is 7.14. The molecule has 0 aliphatic carbocycles. The van der Waals surface area contributed by atoms with Crippen molar-refractivity contribution in [2.75, 3.05) is 11.9 Å². The highest BCUT2D eigenvalue weighted by Crippen LogP contribution is 2.46. The molecule has 1 aromatic heterocycles. The Morgan fingerprint density at radius 2 is 1.74 bits per heavy atom. The van der Waals surface area contributed by atoms with Crippen molar-refractivity contribution in [2.45, 2.75) is 44.9 Å². The molecule has 2 heterocycles. The van der Waals surface area contributed by atoms with Crippen molar-refractivity contribution in [2.24, 2.45) is 0 Å². The second-order valence-electron chi connectivity index (χ2n) is 9.24. The molecule has 2 atom stereocenters. The molecule has 0 spiro atoms. The van der Waals surface area contributed by atoms with Crippen LogP contribution in [0.5, 0.6) is 0 Å². The number of rotatable bonds is 4. The maximum absolute atomic E-state index is 13.1. The molecule has 2 aromatic carbocycles. The van der Waals surface area contributed by atoms with Crippen molar-refractivity contribution in [1.29, 1.82) is 0 Å². The molecule has 0 bridgehead atoms. The number of nitrogens with zero attached hydrogens (tertiary/aromatic N) is 2. The molecule has 1 unspecified atom stereocenters. The summed E-state index contributed by atoms with van der Waals surface area (Å²) < 4.78 is 0. The fourth-order valence-electron chi connectivity index (χ4n) is 4.35. The number of benzene rings is 2. The van der Waals surface area contributed by atoms with Gasteiger partial charge < -0.3 is 15.3 Å². The molecule has 1 amide bonds. The number of fused-ring (bicyclic) bond motifs is 1. The van der Waals surface area contributed by atoms with Crippen LogP contribution in [0.3, 0.4) is 0 Å². The maximum Gasteiger partial charge on any atom is 0.229 e. The van der Waals surface area contributed by atoms with Gasteiger partial charge in [0, 0.05) is 39.3 Å². The minimum absolute atomic E-state index is 0.237. The first-order valence-electron chi connectivity index (χ1n) is 11.0. The number of hydrogen-bond acceptors (Lipinski definition) is 4. The predicted molar refractivity (Wildman–Crippen MR) is 140 cm³/mol. The number of amides is 1. The molecule has 34 heavy (non-hydrogen) atoms. The van der Waals surface area contributed by atoms with Crippen LogP contribution < -0.4 is 10.2 Å². The smallest absolute Gasteiger partial charge is 0.229 e. The zero-order valence-electron chi connectivity index (χ0n) is 19.4. The lowest BCUT2D eigenvalue weighted by atomic mass is 9.79. The standard InChI is InChI=1S/C26H26Cl3N3O2/c1-14(33)30-25(34)21-13-26(2,3)32(4)24-20(21)12-19(15-5-7-16(27)8-6-15)23(31-24)18-10-9-17(28)11-22(18)29/h5-12,14,21,33H,13H2,1-4H3,(H,30,34)/t14-,21?/m1/s1. The van der Waals surface area contributed by atoms with E-state index in [1.165, 1.54) is 6.92 Å². The average molecular weight is 519 g/mol. The van der Waals surface area contributed by atoms with Crippen molar-refractivity contribution in [3.8, 4) is 22.4 Å². The van der Waals surface area contributed by atoms with E-state index in [0.717, 1.165) is 22.3 Å². The Kier molecular flexibility index (Phi) is 6.85. The van der Waals surface area contributed by atoms with Gasteiger partial charge in [0.15, 0.2) is 0 Å². The molecule has 5 nitrogen and oxygen atoms in total. The highest BCUT2D eigenvalue weighted by atomic mass is 35.5. The predicted octanol–water partition coefficient (Wildman–Crippen LogP) is 6.53. The molecule has 178 valence electrons. The van der Waals surface area contributed by atoms with Crippen LogP contribution in [-0.4, -0.2) is 34.8 Å². The van der Waals surface area contributed by atoms with E-state index in [2.05, 4.69) is 24.1 Å². The van der Waals surface area contributed by atoms with E-state index in [1.54, 1.807) is 12.1 Å². The number of pyridine rings is 1. The van der Waals surface area contributed by atoms with Crippen LogP contribution in [0.15, 0.2) is 48.5 Å². The molecule has 8 heteroatoms. The number of carbonyl (C=O) groups excluding carboxylic acids is 1. The van der Waals surface area contributed by atoms with Gasteiger partial charge in [-0.2, -0.15) is 0 Å². The van der Waals surface area contributed by atoms with E-state index in [-0.39, 0.29) is 11.4 Å². The number of aliphatic hydroxyl groups is 1. The van der Waals surface area contributed by atoms with E-state index in [0.29, 0.717) is 33.0 Å². The van der Waals surface area contributed by atoms with Gasteiger partial charge in [-0.3, -0.25) is 4.79 Å². The van der Waals surface area contributed by atoms with Crippen LogP contribution in [0.25, 0.3) is 22.4 Å². The van der Waals surface area contributed by atoms with Crippen molar-refractivity contribution in [1.82, 2.24) is 10.3 Å². The lowest BCUT2D eigenvalue weighted by molar-refractivity contribution is -0.125. The topological polar surface area (TPSA) is 65.5 Å². The Bertz CT molecular complexity index is 1240. The second kappa shape index (κ2) is 9.38. The summed E-state index contributed by atoms with van der Waals surface area (Å²) in [6.45, 7) is 5.67. The highest BCUT2D eigenvalue weighted by Gasteiger charge is 2.41. The van der Waals surface area contributed by atoms with Crippen LogP contribution >= 0.6 is 34.8 Å². The van der Waals surface area contributed by atoms with Gasteiger partial charge in [-0.1, -0.05) is 46.9 Å². The number of hydrogen-bond donors (Lipinski definition) is 2. The number of aromatic nitrogens is 1. The molecule has 0 radical (unpaired) electrons. The van der Waals surface area contributed by atoms with Gasteiger partial charge in [0.25, 0.3) is 0 Å². The van der Waals surface area contributed by atoms with Crippen LogP contribution in [0, 0.1) is 0 Å². The van der Waals surface area contributed by atoms with Gasteiger partial charge in [0.1, 0.15) is 12.0 Å². The minimum atomic E-state index is -0.949. The molecule has 0 saturated carbocycles. The van der Waals surface area contributed by atoms with Crippen LogP contribution in [0.4, 0.5) is 5.82 Å². The van der Waals surface area contributed by atoms with Crippen LogP contribution in [-0.2, 0) is 4.79 Å². The zero-order valence-corrected chi connectivity index (χ0v) is 21.6. The lowest BCUT2D eigenvalue weighted by Gasteiger charge is -2.45. The molecule has 4 rings (SSSR count). The van der Waals surface area contributed by atoms with Crippen molar-refractivity contribution in [3.63, 3.8) is 0 Å². The Labute approximate surface area is 214 Å². The normalized spacial score (nSPS) is 17.8. The summed E-state index contributed by atoms with van der Waals surface area (Å²) in [4.78, 5) is 20.3. The molecule has 0 fully saturated rings. The van der Waals surface area contributed by atoms with Gasteiger partial charge in [0.05, 0.1) is 16.6 Å². The largest absolute Gasteiger partial charge is 0.374 e. The monoisotopic (exact) mass is 517 g/mol. The van der Waals surface area contributed by atoms with E-state index < -0.39 is 12.1 Å². The lowest BCUT2D eigenvalue weighted by Crippen LogP contribution is -2.50. The van der Waals surface area contributed by atoms with Crippen LogP contribution in [0.2, 0.25) is 15.1 Å². The van der Waals surface area contributed by atoms with Crippen molar-refractivity contribution in [3.05, 3.63) is 69.2 Å². The third-order valence-electron chi connectivity index (χ3n) is 6.34. The van der Waals surface area contributed by atoms with E-state index in [1.807, 2.05) is 43.4 Å². The average Bonchev–Trinajstić information content (AvgIpc) is 2.76. The number of nitrogens with one attached hydrogen (secondary N) is 1. The van der Waals surface area contributed by atoms with E-state index in [4.69, 9.17) is 39.8 Å². The van der Waals surface area contributed by atoms with Crippen molar-refractivity contribution >= 4 is 46.5 Å². The summed E-state index contributed by atoms with van der Waals surface area (Å²) >= 11 is 18.9. The number of carbonyl (C=O) groups is 1. The number of halogens is 3. The Balaban J connectivity index is 2.00. The summed E-state index contributed by atoms with van der Waals surface area (Å²) in [5.74, 6) is -0.0247. The molecule has 1 aliphatic heterocycles. The number of aliphatic hydroxyl groups excluding tert-OH is 1. The highest BCUT2D eigenvalue weighted by molar-refractivity contribution is 6.36. The van der Waals surface area contributed by atoms with E-state index in [9.17, 15) is 9.90 Å². The first-order chi connectivity index (χ1) is 16.0.